The van der Waals surface area contributed by atoms with E-state index in [4.69, 9.17) is 9.47 Å². The van der Waals surface area contributed by atoms with E-state index in [0.29, 0.717) is 28.5 Å². The summed E-state index contributed by atoms with van der Waals surface area (Å²) >= 11 is 0. The molecule has 0 aliphatic carbocycles. The number of methoxy groups -OCH3 is 2. The Morgan fingerprint density at radius 3 is 2.43 bits per heavy atom. The van der Waals surface area contributed by atoms with Crippen LogP contribution in [0.5, 0.6) is 11.5 Å². The zero-order valence-corrected chi connectivity index (χ0v) is 17.1. The Labute approximate surface area is 174 Å². The Balaban J connectivity index is 1.60. The van der Waals surface area contributed by atoms with Crippen LogP contribution in [0.4, 0.5) is 5.69 Å². The first kappa shape index (κ1) is 20.9. The molecular weight excluding hydrogens is 382 g/mol. The molecule has 0 saturated carbocycles. The van der Waals surface area contributed by atoms with Crippen molar-refractivity contribution in [2.24, 2.45) is 5.10 Å². The van der Waals surface area contributed by atoms with Gasteiger partial charge in [-0.3, -0.25) is 9.59 Å². The van der Waals surface area contributed by atoms with Crippen LogP contribution < -0.4 is 20.2 Å². The molecule has 0 atom stereocenters. The van der Waals surface area contributed by atoms with Crippen molar-refractivity contribution in [1.82, 2.24) is 5.43 Å². The highest BCUT2D eigenvalue weighted by molar-refractivity contribution is 6.06. The third kappa shape index (κ3) is 5.14. The molecule has 0 saturated heterocycles. The second kappa shape index (κ2) is 9.56. The van der Waals surface area contributed by atoms with Gasteiger partial charge in [0.25, 0.3) is 5.91 Å². The average Bonchev–Trinajstić information content (AvgIpc) is 2.76. The van der Waals surface area contributed by atoms with E-state index in [1.54, 1.807) is 25.1 Å². The molecular formula is C23H23N3O4. The largest absolute Gasteiger partial charge is 0.497 e. The predicted octanol–water partition coefficient (Wildman–Crippen LogP) is 3.99. The van der Waals surface area contributed by atoms with Crippen LogP contribution in [0.2, 0.25) is 0 Å². The molecule has 154 valence electrons. The standard InChI is InChI=1S/C23H23N3O4/c1-15(25-26-23(28)20-11-10-19(29-2)14-21(20)30-3)12-22(27)24-18-9-8-16-6-4-5-7-17(16)13-18/h4-11,13-14H,12H2,1-3H3,(H,24,27)(H,26,28)/b25-15+. The highest BCUT2D eigenvalue weighted by Gasteiger charge is 2.13. The number of hydrazone groups is 1. The molecule has 0 aromatic heterocycles. The predicted molar refractivity (Wildman–Crippen MR) is 117 cm³/mol. The number of carbonyl (C=O) groups excluding carboxylic acids is 2. The van der Waals surface area contributed by atoms with Crippen molar-refractivity contribution in [2.75, 3.05) is 19.5 Å². The van der Waals surface area contributed by atoms with Gasteiger partial charge in [0.15, 0.2) is 0 Å². The maximum atomic E-state index is 12.4. The third-order valence-electron chi connectivity index (χ3n) is 4.45. The lowest BCUT2D eigenvalue weighted by Gasteiger charge is -2.09. The zero-order chi connectivity index (χ0) is 21.5. The van der Waals surface area contributed by atoms with Crippen LogP contribution >= 0.6 is 0 Å². The van der Waals surface area contributed by atoms with Crippen molar-refractivity contribution in [3.8, 4) is 11.5 Å². The van der Waals surface area contributed by atoms with E-state index < -0.39 is 5.91 Å². The Kier molecular flexibility index (Phi) is 6.64. The summed E-state index contributed by atoms with van der Waals surface area (Å²) in [5.41, 5.74) is 3.94. The lowest BCUT2D eigenvalue weighted by atomic mass is 10.1. The van der Waals surface area contributed by atoms with E-state index in [-0.39, 0.29) is 12.3 Å². The van der Waals surface area contributed by atoms with Crippen LogP contribution in [0, 0.1) is 0 Å². The van der Waals surface area contributed by atoms with Crippen molar-refractivity contribution in [3.05, 3.63) is 66.2 Å². The first-order chi connectivity index (χ1) is 14.5. The molecule has 7 heteroatoms. The first-order valence-electron chi connectivity index (χ1n) is 9.34. The van der Waals surface area contributed by atoms with Crippen LogP contribution in [-0.2, 0) is 4.79 Å². The van der Waals surface area contributed by atoms with Crippen LogP contribution in [0.3, 0.4) is 0 Å². The number of rotatable bonds is 7. The average molecular weight is 405 g/mol. The van der Waals surface area contributed by atoms with Crippen LogP contribution in [-0.4, -0.2) is 31.7 Å². The van der Waals surface area contributed by atoms with E-state index in [9.17, 15) is 9.59 Å². The van der Waals surface area contributed by atoms with E-state index in [1.165, 1.54) is 14.2 Å². The molecule has 3 rings (SSSR count). The number of ether oxygens (including phenoxy) is 2. The molecule has 2 amide bonds. The zero-order valence-electron chi connectivity index (χ0n) is 17.1. The second-order valence-corrected chi connectivity index (χ2v) is 6.64. The molecule has 30 heavy (non-hydrogen) atoms. The van der Waals surface area contributed by atoms with Gasteiger partial charge in [0.05, 0.1) is 26.2 Å². The molecule has 3 aromatic carbocycles. The van der Waals surface area contributed by atoms with Crippen molar-refractivity contribution >= 4 is 34.0 Å². The molecule has 0 heterocycles. The number of anilines is 1. The van der Waals surface area contributed by atoms with Crippen molar-refractivity contribution in [2.45, 2.75) is 13.3 Å². The summed E-state index contributed by atoms with van der Waals surface area (Å²) in [5.74, 6) is 0.286. The smallest absolute Gasteiger partial charge is 0.275 e. The molecule has 0 radical (unpaired) electrons. The van der Waals surface area contributed by atoms with Gasteiger partial charge in [-0.25, -0.2) is 5.43 Å². The number of nitrogens with zero attached hydrogens (tertiary/aromatic N) is 1. The topological polar surface area (TPSA) is 89.0 Å². The van der Waals surface area contributed by atoms with Crippen molar-refractivity contribution < 1.29 is 19.1 Å². The van der Waals surface area contributed by atoms with Crippen molar-refractivity contribution in [3.63, 3.8) is 0 Å². The summed E-state index contributed by atoms with van der Waals surface area (Å²) in [6.07, 6.45) is 0.0485. The molecule has 0 spiro atoms. The van der Waals surface area contributed by atoms with Gasteiger partial charge in [-0.1, -0.05) is 30.3 Å². The number of nitrogens with one attached hydrogen (secondary N) is 2. The minimum absolute atomic E-state index is 0.0485. The Morgan fingerprint density at radius 1 is 0.933 bits per heavy atom. The molecule has 2 N–H and O–H groups in total. The molecule has 0 aliphatic rings. The minimum atomic E-state index is -0.441. The highest BCUT2D eigenvalue weighted by Crippen LogP contribution is 2.24. The minimum Gasteiger partial charge on any atom is -0.497 e. The summed E-state index contributed by atoms with van der Waals surface area (Å²) < 4.78 is 10.3. The fourth-order valence-corrected chi connectivity index (χ4v) is 2.94. The third-order valence-corrected chi connectivity index (χ3v) is 4.45. The number of amides is 2. The fraction of sp³-hybridized carbons (Fsp3) is 0.174. The number of fused-ring (bicyclic) bond motifs is 1. The summed E-state index contributed by atoms with van der Waals surface area (Å²) in [6, 6.07) is 18.5. The maximum absolute atomic E-state index is 12.4. The number of hydrogen-bond acceptors (Lipinski definition) is 5. The molecule has 0 bridgehead atoms. The summed E-state index contributed by atoms with van der Waals surface area (Å²) in [6.45, 7) is 1.67. The lowest BCUT2D eigenvalue weighted by molar-refractivity contribution is -0.115. The number of benzene rings is 3. The quantitative estimate of drug-likeness (QED) is 0.459. The van der Waals surface area contributed by atoms with Gasteiger partial charge in [-0.2, -0.15) is 5.10 Å². The van der Waals surface area contributed by atoms with Crippen LogP contribution in [0.25, 0.3) is 10.8 Å². The number of carbonyl (C=O) groups is 2. The van der Waals surface area contributed by atoms with Gasteiger partial charge in [-0.05, 0) is 42.0 Å². The van der Waals surface area contributed by atoms with Gasteiger partial charge in [0.1, 0.15) is 11.5 Å². The highest BCUT2D eigenvalue weighted by atomic mass is 16.5. The molecule has 0 aliphatic heterocycles. The lowest BCUT2D eigenvalue weighted by Crippen LogP contribution is -2.22. The summed E-state index contributed by atoms with van der Waals surface area (Å²) in [5, 5.41) is 9.01. The first-order valence-corrected chi connectivity index (χ1v) is 9.34. The van der Waals surface area contributed by atoms with Crippen molar-refractivity contribution in [1.29, 1.82) is 0 Å². The van der Waals surface area contributed by atoms with Gasteiger partial charge in [-0.15, -0.1) is 0 Å². The molecule has 0 unspecified atom stereocenters. The Hall–Kier alpha value is -3.87. The summed E-state index contributed by atoms with van der Waals surface area (Å²) in [7, 11) is 3.00. The Bertz CT molecular complexity index is 1110. The van der Waals surface area contributed by atoms with E-state index in [0.717, 1.165) is 10.8 Å². The monoisotopic (exact) mass is 405 g/mol. The molecule has 0 fully saturated rings. The summed E-state index contributed by atoms with van der Waals surface area (Å²) in [4.78, 5) is 24.7. The SMILES string of the molecule is COc1ccc(C(=O)N/N=C(\C)CC(=O)Nc2ccc3ccccc3c2)c(OC)c1. The molecule has 3 aromatic rings. The fourth-order valence-electron chi connectivity index (χ4n) is 2.94. The Morgan fingerprint density at radius 2 is 1.70 bits per heavy atom. The van der Waals surface area contributed by atoms with Gasteiger partial charge in [0, 0.05) is 17.5 Å². The van der Waals surface area contributed by atoms with Gasteiger partial charge in [0.2, 0.25) is 5.91 Å². The van der Waals surface area contributed by atoms with E-state index >= 15 is 0 Å². The molecule has 7 nitrogen and oxygen atoms in total. The normalized spacial score (nSPS) is 11.1. The maximum Gasteiger partial charge on any atom is 0.275 e. The second-order valence-electron chi connectivity index (χ2n) is 6.64. The number of hydrogen-bond donors (Lipinski definition) is 2. The van der Waals surface area contributed by atoms with E-state index in [2.05, 4.69) is 15.8 Å². The van der Waals surface area contributed by atoms with Gasteiger partial charge < -0.3 is 14.8 Å². The van der Waals surface area contributed by atoms with Crippen LogP contribution in [0.15, 0.2) is 65.8 Å². The van der Waals surface area contributed by atoms with Crippen LogP contribution in [0.1, 0.15) is 23.7 Å². The van der Waals surface area contributed by atoms with E-state index in [1.807, 2.05) is 42.5 Å². The van der Waals surface area contributed by atoms with Gasteiger partial charge >= 0.3 is 0 Å².